The van der Waals surface area contributed by atoms with Crippen molar-refractivity contribution >= 4 is 5.91 Å². The van der Waals surface area contributed by atoms with Crippen molar-refractivity contribution in [2.24, 2.45) is 0 Å². The predicted octanol–water partition coefficient (Wildman–Crippen LogP) is 2.32. The Labute approximate surface area is 109 Å². The number of rotatable bonds is 3. The zero-order chi connectivity index (χ0) is 13.9. The van der Waals surface area contributed by atoms with Gasteiger partial charge in [-0.2, -0.15) is 0 Å². The van der Waals surface area contributed by atoms with Gasteiger partial charge in [-0.1, -0.05) is 32.9 Å². The van der Waals surface area contributed by atoms with Gasteiger partial charge in [-0.3, -0.25) is 4.79 Å². The number of hydrogen-bond acceptors (Lipinski definition) is 2. The highest BCUT2D eigenvalue weighted by Crippen LogP contribution is 2.26. The van der Waals surface area contributed by atoms with Crippen LogP contribution < -0.4 is 5.32 Å². The Bertz CT molecular complexity index is 421. The van der Waals surface area contributed by atoms with E-state index in [9.17, 15) is 4.79 Å². The van der Waals surface area contributed by atoms with Gasteiger partial charge >= 0.3 is 0 Å². The highest BCUT2D eigenvalue weighted by molar-refractivity contribution is 5.97. The Balaban J connectivity index is 3.13. The largest absolute Gasteiger partial charge is 0.395 e. The quantitative estimate of drug-likeness (QED) is 0.863. The van der Waals surface area contributed by atoms with Crippen molar-refractivity contribution in [3.8, 4) is 0 Å². The summed E-state index contributed by atoms with van der Waals surface area (Å²) in [5.41, 5.74) is 3.99. The second-order valence-electron chi connectivity index (χ2n) is 5.71. The third-order valence-corrected chi connectivity index (χ3v) is 3.02. The van der Waals surface area contributed by atoms with Crippen LogP contribution in [0.15, 0.2) is 12.1 Å². The Morgan fingerprint density at radius 2 is 1.72 bits per heavy atom. The SMILES string of the molecule is Cc1cc(C(C)(C)C)cc(C)c1C(=O)NCCO. The van der Waals surface area contributed by atoms with Crippen LogP contribution in [0.2, 0.25) is 0 Å². The Morgan fingerprint density at radius 1 is 1.22 bits per heavy atom. The first-order valence-electron chi connectivity index (χ1n) is 6.28. The van der Waals surface area contributed by atoms with E-state index in [1.807, 2.05) is 13.8 Å². The minimum absolute atomic E-state index is 0.0378. The summed E-state index contributed by atoms with van der Waals surface area (Å²) in [6.45, 7) is 10.6. The van der Waals surface area contributed by atoms with Crippen LogP contribution >= 0.6 is 0 Å². The lowest BCUT2D eigenvalue weighted by Crippen LogP contribution is -2.28. The number of aryl methyl sites for hydroxylation is 2. The molecular formula is C15H23NO2. The highest BCUT2D eigenvalue weighted by Gasteiger charge is 2.18. The molecule has 0 bridgehead atoms. The van der Waals surface area contributed by atoms with E-state index in [2.05, 4.69) is 38.2 Å². The monoisotopic (exact) mass is 249 g/mol. The van der Waals surface area contributed by atoms with Crippen molar-refractivity contribution in [3.63, 3.8) is 0 Å². The number of carbonyl (C=O) groups is 1. The lowest BCUT2D eigenvalue weighted by atomic mass is 9.83. The molecule has 1 amide bonds. The van der Waals surface area contributed by atoms with Gasteiger partial charge in [0.25, 0.3) is 5.91 Å². The molecule has 0 unspecified atom stereocenters. The molecule has 2 N–H and O–H groups in total. The molecular weight excluding hydrogens is 226 g/mol. The number of aliphatic hydroxyl groups excluding tert-OH is 1. The molecule has 3 nitrogen and oxygen atoms in total. The van der Waals surface area contributed by atoms with Gasteiger partial charge in [0.2, 0.25) is 0 Å². The second kappa shape index (κ2) is 5.53. The molecule has 1 rings (SSSR count). The van der Waals surface area contributed by atoms with Gasteiger partial charge in [-0.25, -0.2) is 0 Å². The lowest BCUT2D eigenvalue weighted by Gasteiger charge is -2.22. The summed E-state index contributed by atoms with van der Waals surface area (Å²) >= 11 is 0. The lowest BCUT2D eigenvalue weighted by molar-refractivity contribution is 0.0943. The first-order valence-corrected chi connectivity index (χ1v) is 6.28. The summed E-state index contributed by atoms with van der Waals surface area (Å²) in [5.74, 6) is -0.112. The van der Waals surface area contributed by atoms with E-state index < -0.39 is 0 Å². The van der Waals surface area contributed by atoms with Gasteiger partial charge in [0.1, 0.15) is 0 Å². The molecule has 0 aliphatic carbocycles. The van der Waals surface area contributed by atoms with E-state index in [4.69, 9.17) is 5.11 Å². The second-order valence-corrected chi connectivity index (χ2v) is 5.71. The molecule has 0 atom stereocenters. The summed E-state index contributed by atoms with van der Waals surface area (Å²) in [7, 11) is 0. The fourth-order valence-corrected chi connectivity index (χ4v) is 2.01. The van der Waals surface area contributed by atoms with Crippen LogP contribution in [-0.2, 0) is 5.41 Å². The molecule has 1 aromatic rings. The molecule has 0 aliphatic rings. The van der Waals surface area contributed by atoms with Crippen molar-refractivity contribution < 1.29 is 9.90 Å². The number of nitrogens with one attached hydrogen (secondary N) is 1. The number of carbonyl (C=O) groups excluding carboxylic acids is 1. The molecule has 0 aliphatic heterocycles. The average molecular weight is 249 g/mol. The summed E-state index contributed by atoms with van der Waals surface area (Å²) in [5, 5.41) is 11.4. The molecule has 0 spiro atoms. The van der Waals surface area contributed by atoms with Crippen molar-refractivity contribution in [3.05, 3.63) is 34.4 Å². The number of benzene rings is 1. The summed E-state index contributed by atoms with van der Waals surface area (Å²) in [4.78, 5) is 12.0. The van der Waals surface area contributed by atoms with Crippen LogP contribution in [-0.4, -0.2) is 24.2 Å². The molecule has 1 aromatic carbocycles. The molecule has 0 aromatic heterocycles. The van der Waals surface area contributed by atoms with Gasteiger partial charge < -0.3 is 10.4 Å². The Morgan fingerprint density at radius 3 is 2.11 bits per heavy atom. The summed E-state index contributed by atoms with van der Waals surface area (Å²) in [6, 6.07) is 4.14. The fourth-order valence-electron chi connectivity index (χ4n) is 2.01. The van der Waals surface area contributed by atoms with E-state index in [1.165, 1.54) is 5.56 Å². The average Bonchev–Trinajstić information content (AvgIpc) is 2.24. The summed E-state index contributed by atoms with van der Waals surface area (Å²) < 4.78 is 0. The number of aliphatic hydroxyl groups is 1. The van der Waals surface area contributed by atoms with Crippen LogP contribution in [0.25, 0.3) is 0 Å². The predicted molar refractivity (Wildman–Crippen MR) is 74.0 cm³/mol. The molecule has 100 valence electrons. The first-order chi connectivity index (χ1) is 8.27. The third-order valence-electron chi connectivity index (χ3n) is 3.02. The number of amides is 1. The van der Waals surface area contributed by atoms with E-state index in [1.54, 1.807) is 0 Å². The minimum Gasteiger partial charge on any atom is -0.395 e. The first kappa shape index (κ1) is 14.7. The fraction of sp³-hybridized carbons (Fsp3) is 0.533. The third kappa shape index (κ3) is 3.33. The van der Waals surface area contributed by atoms with E-state index in [0.717, 1.165) is 16.7 Å². The molecule has 0 fully saturated rings. The maximum absolute atomic E-state index is 12.0. The molecule has 3 heteroatoms. The summed E-state index contributed by atoms with van der Waals surface area (Å²) in [6.07, 6.45) is 0. The van der Waals surface area contributed by atoms with E-state index in [-0.39, 0.29) is 17.9 Å². The zero-order valence-electron chi connectivity index (χ0n) is 11.9. The Hall–Kier alpha value is -1.35. The van der Waals surface area contributed by atoms with Crippen LogP contribution in [0.1, 0.15) is 47.8 Å². The molecule has 0 heterocycles. The smallest absolute Gasteiger partial charge is 0.251 e. The highest BCUT2D eigenvalue weighted by atomic mass is 16.3. The topological polar surface area (TPSA) is 49.3 Å². The zero-order valence-corrected chi connectivity index (χ0v) is 11.9. The Kier molecular flexibility index (Phi) is 4.52. The van der Waals surface area contributed by atoms with Gasteiger partial charge in [0, 0.05) is 12.1 Å². The van der Waals surface area contributed by atoms with E-state index >= 15 is 0 Å². The van der Waals surface area contributed by atoms with Crippen molar-refractivity contribution in [2.75, 3.05) is 13.2 Å². The number of hydrogen-bond donors (Lipinski definition) is 2. The van der Waals surface area contributed by atoms with Gasteiger partial charge in [-0.15, -0.1) is 0 Å². The normalized spacial score (nSPS) is 11.4. The molecule has 0 saturated heterocycles. The van der Waals surface area contributed by atoms with Gasteiger partial charge in [0.15, 0.2) is 0 Å². The molecule has 0 radical (unpaired) electrons. The van der Waals surface area contributed by atoms with Crippen LogP contribution in [0, 0.1) is 13.8 Å². The van der Waals surface area contributed by atoms with Gasteiger partial charge in [0.05, 0.1) is 6.61 Å². The maximum atomic E-state index is 12.0. The van der Waals surface area contributed by atoms with Crippen LogP contribution in [0.5, 0.6) is 0 Å². The molecule has 18 heavy (non-hydrogen) atoms. The standard InChI is InChI=1S/C15H23NO2/c1-10-8-12(15(3,4)5)9-11(2)13(10)14(18)16-6-7-17/h8-9,17H,6-7H2,1-5H3,(H,16,18). The van der Waals surface area contributed by atoms with Crippen LogP contribution in [0.4, 0.5) is 0 Å². The maximum Gasteiger partial charge on any atom is 0.251 e. The van der Waals surface area contributed by atoms with Gasteiger partial charge in [-0.05, 0) is 36.0 Å². The molecule has 0 saturated carbocycles. The van der Waals surface area contributed by atoms with Crippen molar-refractivity contribution in [1.29, 1.82) is 0 Å². The van der Waals surface area contributed by atoms with E-state index in [0.29, 0.717) is 6.54 Å². The van der Waals surface area contributed by atoms with Crippen molar-refractivity contribution in [1.82, 2.24) is 5.32 Å². The van der Waals surface area contributed by atoms with Crippen molar-refractivity contribution in [2.45, 2.75) is 40.0 Å². The minimum atomic E-state index is -0.112. The van der Waals surface area contributed by atoms with Crippen LogP contribution in [0.3, 0.4) is 0 Å².